The van der Waals surface area contributed by atoms with Gasteiger partial charge in [0.15, 0.2) is 5.82 Å². The second kappa shape index (κ2) is 3.59. The van der Waals surface area contributed by atoms with Crippen LogP contribution < -0.4 is 5.73 Å². The van der Waals surface area contributed by atoms with E-state index in [1.165, 1.54) is 0 Å². The van der Waals surface area contributed by atoms with Crippen molar-refractivity contribution in [1.82, 2.24) is 15.0 Å². The number of H-pyrrole nitrogens is 1. The molecule has 0 radical (unpaired) electrons. The molecule has 2 aromatic heterocycles. The zero-order valence-corrected chi connectivity index (χ0v) is 9.44. The smallest absolute Gasteiger partial charge is 0.161 e. The first kappa shape index (κ1) is 9.84. The molecule has 0 fully saturated rings. The number of rotatable bonds is 1. The standard InChI is InChI=1S/C13H12N4/c1-8-7-16-13(17-12(8)14)10-2-3-11-9(6-10)4-5-15-11/h2-7,15H,1H3,(H2,14,16,17). The van der Waals surface area contributed by atoms with Crippen LogP contribution in [0.25, 0.3) is 22.3 Å². The van der Waals surface area contributed by atoms with E-state index in [-0.39, 0.29) is 0 Å². The number of nitrogen functional groups attached to an aromatic ring is 1. The predicted molar refractivity (Wildman–Crippen MR) is 68.5 cm³/mol. The van der Waals surface area contributed by atoms with Gasteiger partial charge < -0.3 is 10.7 Å². The molecule has 84 valence electrons. The maximum atomic E-state index is 5.79. The quantitative estimate of drug-likeness (QED) is 0.667. The molecule has 3 aromatic rings. The minimum Gasteiger partial charge on any atom is -0.383 e. The number of anilines is 1. The van der Waals surface area contributed by atoms with Crippen molar-refractivity contribution in [1.29, 1.82) is 0 Å². The lowest BCUT2D eigenvalue weighted by Crippen LogP contribution is -1.98. The molecule has 3 N–H and O–H groups in total. The Hall–Kier alpha value is -2.36. The third-order valence-corrected chi connectivity index (χ3v) is 2.82. The average molecular weight is 224 g/mol. The summed E-state index contributed by atoms with van der Waals surface area (Å²) in [6.07, 6.45) is 3.66. The van der Waals surface area contributed by atoms with Gasteiger partial charge in [-0.3, -0.25) is 0 Å². The lowest BCUT2D eigenvalue weighted by atomic mass is 10.1. The first-order chi connectivity index (χ1) is 8.24. The highest BCUT2D eigenvalue weighted by molar-refractivity contribution is 5.83. The van der Waals surface area contributed by atoms with Gasteiger partial charge in [-0.15, -0.1) is 0 Å². The molecule has 0 amide bonds. The SMILES string of the molecule is Cc1cnc(-c2ccc3[nH]ccc3c2)nc1N. The Morgan fingerprint density at radius 1 is 1.24 bits per heavy atom. The Balaban J connectivity index is 2.16. The molecule has 0 atom stereocenters. The average Bonchev–Trinajstić information content (AvgIpc) is 2.79. The molecule has 0 bridgehead atoms. The van der Waals surface area contributed by atoms with Crippen molar-refractivity contribution in [3.63, 3.8) is 0 Å². The molecule has 0 saturated heterocycles. The van der Waals surface area contributed by atoms with E-state index in [1.54, 1.807) is 6.20 Å². The van der Waals surface area contributed by atoms with Gasteiger partial charge in [0.05, 0.1) is 0 Å². The van der Waals surface area contributed by atoms with Crippen LogP contribution in [0.4, 0.5) is 5.82 Å². The van der Waals surface area contributed by atoms with Crippen molar-refractivity contribution in [3.8, 4) is 11.4 Å². The van der Waals surface area contributed by atoms with Gasteiger partial charge in [0, 0.05) is 34.4 Å². The fourth-order valence-corrected chi connectivity index (χ4v) is 1.79. The molecular formula is C13H12N4. The summed E-state index contributed by atoms with van der Waals surface area (Å²) in [5, 5.41) is 1.14. The third kappa shape index (κ3) is 1.63. The Bertz CT molecular complexity index is 685. The van der Waals surface area contributed by atoms with E-state index in [4.69, 9.17) is 5.73 Å². The number of benzene rings is 1. The number of hydrogen-bond donors (Lipinski definition) is 2. The fraction of sp³-hybridized carbons (Fsp3) is 0.0769. The van der Waals surface area contributed by atoms with Crippen molar-refractivity contribution >= 4 is 16.7 Å². The van der Waals surface area contributed by atoms with E-state index in [1.807, 2.05) is 31.3 Å². The Labute approximate surface area is 98.5 Å². The topological polar surface area (TPSA) is 67.6 Å². The van der Waals surface area contributed by atoms with Crippen LogP contribution in [-0.4, -0.2) is 15.0 Å². The van der Waals surface area contributed by atoms with Crippen molar-refractivity contribution in [2.24, 2.45) is 0 Å². The molecule has 0 unspecified atom stereocenters. The van der Waals surface area contributed by atoms with E-state index >= 15 is 0 Å². The normalized spacial score (nSPS) is 10.9. The van der Waals surface area contributed by atoms with Gasteiger partial charge in [0.25, 0.3) is 0 Å². The summed E-state index contributed by atoms with van der Waals surface area (Å²) >= 11 is 0. The summed E-state index contributed by atoms with van der Waals surface area (Å²) in [5.41, 5.74) is 8.77. The van der Waals surface area contributed by atoms with Gasteiger partial charge in [-0.25, -0.2) is 9.97 Å². The van der Waals surface area contributed by atoms with E-state index in [0.29, 0.717) is 11.6 Å². The fourth-order valence-electron chi connectivity index (χ4n) is 1.79. The zero-order valence-electron chi connectivity index (χ0n) is 9.44. The van der Waals surface area contributed by atoms with Crippen molar-refractivity contribution in [2.45, 2.75) is 6.92 Å². The van der Waals surface area contributed by atoms with Crippen LogP contribution in [0.15, 0.2) is 36.7 Å². The molecule has 4 heteroatoms. The molecule has 0 spiro atoms. The number of fused-ring (bicyclic) bond motifs is 1. The number of nitrogens with one attached hydrogen (secondary N) is 1. The molecule has 0 aliphatic carbocycles. The predicted octanol–water partition coefficient (Wildman–Crippen LogP) is 2.52. The first-order valence-electron chi connectivity index (χ1n) is 5.41. The number of hydrogen-bond acceptors (Lipinski definition) is 3. The lowest BCUT2D eigenvalue weighted by Gasteiger charge is -2.03. The van der Waals surface area contributed by atoms with Crippen molar-refractivity contribution in [2.75, 3.05) is 5.73 Å². The summed E-state index contributed by atoms with van der Waals surface area (Å²) in [4.78, 5) is 11.7. The van der Waals surface area contributed by atoms with E-state index in [9.17, 15) is 0 Å². The van der Waals surface area contributed by atoms with Gasteiger partial charge in [0.2, 0.25) is 0 Å². The minimum absolute atomic E-state index is 0.532. The molecule has 17 heavy (non-hydrogen) atoms. The van der Waals surface area contributed by atoms with Crippen LogP contribution in [-0.2, 0) is 0 Å². The van der Waals surface area contributed by atoms with Gasteiger partial charge in [-0.1, -0.05) is 0 Å². The number of aromatic nitrogens is 3. The second-order valence-corrected chi connectivity index (χ2v) is 4.04. The monoisotopic (exact) mass is 224 g/mol. The van der Waals surface area contributed by atoms with Gasteiger partial charge in [-0.05, 0) is 31.2 Å². The summed E-state index contributed by atoms with van der Waals surface area (Å²) in [6.45, 7) is 1.90. The van der Waals surface area contributed by atoms with Crippen molar-refractivity contribution < 1.29 is 0 Å². The van der Waals surface area contributed by atoms with Crippen molar-refractivity contribution in [3.05, 3.63) is 42.2 Å². The third-order valence-electron chi connectivity index (χ3n) is 2.82. The van der Waals surface area contributed by atoms with Crippen LogP contribution in [0, 0.1) is 6.92 Å². The molecular weight excluding hydrogens is 212 g/mol. The Morgan fingerprint density at radius 2 is 2.12 bits per heavy atom. The molecule has 1 aromatic carbocycles. The lowest BCUT2D eigenvalue weighted by molar-refractivity contribution is 1.15. The second-order valence-electron chi connectivity index (χ2n) is 4.04. The maximum absolute atomic E-state index is 5.79. The Kier molecular flexibility index (Phi) is 2.08. The highest BCUT2D eigenvalue weighted by Crippen LogP contribution is 2.22. The van der Waals surface area contributed by atoms with Gasteiger partial charge in [-0.2, -0.15) is 0 Å². The first-order valence-corrected chi connectivity index (χ1v) is 5.41. The summed E-state index contributed by atoms with van der Waals surface area (Å²) < 4.78 is 0. The van der Waals surface area contributed by atoms with E-state index in [2.05, 4.69) is 21.0 Å². The maximum Gasteiger partial charge on any atom is 0.161 e. The van der Waals surface area contributed by atoms with E-state index in [0.717, 1.165) is 22.0 Å². The largest absolute Gasteiger partial charge is 0.383 e. The van der Waals surface area contributed by atoms with Crippen LogP contribution in [0.3, 0.4) is 0 Å². The zero-order chi connectivity index (χ0) is 11.8. The van der Waals surface area contributed by atoms with Crippen LogP contribution in [0.5, 0.6) is 0 Å². The van der Waals surface area contributed by atoms with Gasteiger partial charge >= 0.3 is 0 Å². The highest BCUT2D eigenvalue weighted by atomic mass is 14.9. The van der Waals surface area contributed by atoms with Crippen LogP contribution >= 0.6 is 0 Å². The van der Waals surface area contributed by atoms with Gasteiger partial charge in [0.1, 0.15) is 5.82 Å². The van der Waals surface area contributed by atoms with Crippen LogP contribution in [0.1, 0.15) is 5.56 Å². The summed E-state index contributed by atoms with van der Waals surface area (Å²) in [6, 6.07) is 8.08. The number of nitrogens with two attached hydrogens (primary N) is 1. The molecule has 3 rings (SSSR count). The molecule has 2 heterocycles. The number of nitrogens with zero attached hydrogens (tertiary/aromatic N) is 2. The minimum atomic E-state index is 0.532. The molecule has 0 saturated carbocycles. The highest BCUT2D eigenvalue weighted by Gasteiger charge is 2.04. The number of aromatic amines is 1. The van der Waals surface area contributed by atoms with E-state index < -0.39 is 0 Å². The molecule has 0 aliphatic rings. The Morgan fingerprint density at radius 3 is 2.94 bits per heavy atom. The molecule has 0 aliphatic heterocycles. The summed E-state index contributed by atoms with van der Waals surface area (Å²) in [5.74, 6) is 1.19. The molecule has 4 nitrogen and oxygen atoms in total. The van der Waals surface area contributed by atoms with Crippen LogP contribution in [0.2, 0.25) is 0 Å². The summed E-state index contributed by atoms with van der Waals surface area (Å²) in [7, 11) is 0. The number of aryl methyl sites for hydroxylation is 1.